The monoisotopic (exact) mass is 264 g/mol. The summed E-state index contributed by atoms with van der Waals surface area (Å²) in [5.41, 5.74) is 4.41. The molecule has 0 heterocycles. The first-order valence-corrected chi connectivity index (χ1v) is 6.36. The first kappa shape index (κ1) is 12.5. The Balaban J connectivity index is 2.36. The van der Waals surface area contributed by atoms with Crippen molar-refractivity contribution in [3.8, 4) is 0 Å². The molecule has 0 saturated carbocycles. The molecule has 0 spiro atoms. The lowest BCUT2D eigenvalue weighted by Gasteiger charge is -2.13. The lowest BCUT2D eigenvalue weighted by Crippen LogP contribution is -1.94. The minimum absolute atomic E-state index is 0.191. The first-order valence-electron chi connectivity index (χ1n) is 5.54. The Morgan fingerprint density at radius 2 is 1.47 bits per heavy atom. The number of hydrogen-bond acceptors (Lipinski definition) is 0. The zero-order valence-corrected chi connectivity index (χ0v) is 11.4. The Bertz CT molecular complexity index is 515. The second-order valence-corrected chi connectivity index (χ2v) is 5.14. The highest BCUT2D eigenvalue weighted by atomic mass is 35.5. The molecule has 0 N–H and O–H groups in total. The SMILES string of the molecule is Cc1ccc(C(Cl)c2ccc(C)cc2Cl)cc1. The molecule has 0 nitrogen and oxygen atoms in total. The molecule has 0 amide bonds. The fourth-order valence-corrected chi connectivity index (χ4v) is 2.49. The molecule has 0 aliphatic heterocycles. The van der Waals surface area contributed by atoms with Gasteiger partial charge in [-0.3, -0.25) is 0 Å². The van der Waals surface area contributed by atoms with Crippen LogP contribution in [0.3, 0.4) is 0 Å². The molecule has 0 bridgehead atoms. The number of alkyl halides is 1. The predicted molar refractivity (Wildman–Crippen MR) is 75.1 cm³/mol. The third kappa shape index (κ3) is 2.83. The topological polar surface area (TPSA) is 0 Å². The van der Waals surface area contributed by atoms with E-state index in [-0.39, 0.29) is 5.38 Å². The quantitative estimate of drug-likeness (QED) is 0.647. The van der Waals surface area contributed by atoms with Crippen LogP contribution in [0.2, 0.25) is 5.02 Å². The first-order chi connectivity index (χ1) is 8.08. The highest BCUT2D eigenvalue weighted by Crippen LogP contribution is 2.33. The summed E-state index contributed by atoms with van der Waals surface area (Å²) < 4.78 is 0. The van der Waals surface area contributed by atoms with Gasteiger partial charge in [0.1, 0.15) is 0 Å². The molecule has 0 aliphatic rings. The highest BCUT2D eigenvalue weighted by Gasteiger charge is 2.13. The van der Waals surface area contributed by atoms with E-state index in [1.54, 1.807) is 0 Å². The van der Waals surface area contributed by atoms with E-state index in [1.165, 1.54) is 5.56 Å². The third-order valence-electron chi connectivity index (χ3n) is 2.80. The summed E-state index contributed by atoms with van der Waals surface area (Å²) in [6, 6.07) is 14.2. The van der Waals surface area contributed by atoms with Gasteiger partial charge in [0.05, 0.1) is 5.38 Å². The van der Waals surface area contributed by atoms with E-state index in [2.05, 4.69) is 19.1 Å². The average Bonchev–Trinajstić information content (AvgIpc) is 2.29. The van der Waals surface area contributed by atoms with Gasteiger partial charge in [0, 0.05) is 5.02 Å². The molecule has 1 unspecified atom stereocenters. The van der Waals surface area contributed by atoms with E-state index in [1.807, 2.05) is 37.3 Å². The molecule has 2 heteroatoms. The molecular formula is C15H14Cl2. The Hall–Kier alpha value is -0.980. The molecule has 2 aromatic rings. The van der Waals surface area contributed by atoms with Gasteiger partial charge < -0.3 is 0 Å². The van der Waals surface area contributed by atoms with Crippen molar-refractivity contribution in [2.75, 3.05) is 0 Å². The van der Waals surface area contributed by atoms with Crippen LogP contribution in [0.5, 0.6) is 0 Å². The fourth-order valence-electron chi connectivity index (χ4n) is 1.75. The predicted octanol–water partition coefficient (Wildman–Crippen LogP) is 5.29. The molecule has 0 aliphatic carbocycles. The van der Waals surface area contributed by atoms with Crippen LogP contribution in [0.25, 0.3) is 0 Å². The summed E-state index contributed by atoms with van der Waals surface area (Å²) in [6.07, 6.45) is 0. The van der Waals surface area contributed by atoms with E-state index in [9.17, 15) is 0 Å². The van der Waals surface area contributed by atoms with Gasteiger partial charge in [-0.15, -0.1) is 11.6 Å². The van der Waals surface area contributed by atoms with Crippen molar-refractivity contribution in [3.05, 3.63) is 69.7 Å². The number of rotatable bonds is 2. The Kier molecular flexibility index (Phi) is 3.76. The van der Waals surface area contributed by atoms with Gasteiger partial charge in [0.25, 0.3) is 0 Å². The van der Waals surface area contributed by atoms with Crippen LogP contribution in [-0.4, -0.2) is 0 Å². The van der Waals surface area contributed by atoms with Crippen LogP contribution in [0.4, 0.5) is 0 Å². The van der Waals surface area contributed by atoms with Crippen molar-refractivity contribution in [2.24, 2.45) is 0 Å². The molecule has 0 fully saturated rings. The standard InChI is InChI=1S/C15H14Cl2/c1-10-3-6-12(7-4-10)15(17)13-8-5-11(2)9-14(13)16/h3-9,15H,1-2H3. The largest absolute Gasteiger partial charge is 0.113 e. The second-order valence-electron chi connectivity index (χ2n) is 4.30. The molecule has 0 aromatic heterocycles. The maximum atomic E-state index is 6.46. The van der Waals surface area contributed by atoms with E-state index in [4.69, 9.17) is 23.2 Å². The van der Waals surface area contributed by atoms with Crippen LogP contribution in [0.15, 0.2) is 42.5 Å². The van der Waals surface area contributed by atoms with Crippen LogP contribution in [0.1, 0.15) is 27.6 Å². The number of hydrogen-bond donors (Lipinski definition) is 0. The number of aryl methyl sites for hydroxylation is 2. The van der Waals surface area contributed by atoms with Gasteiger partial charge in [0.15, 0.2) is 0 Å². The van der Waals surface area contributed by atoms with Crippen molar-refractivity contribution in [2.45, 2.75) is 19.2 Å². The van der Waals surface area contributed by atoms with Crippen molar-refractivity contribution in [3.63, 3.8) is 0 Å². The van der Waals surface area contributed by atoms with Crippen LogP contribution >= 0.6 is 23.2 Å². The van der Waals surface area contributed by atoms with Crippen LogP contribution in [0, 0.1) is 13.8 Å². The van der Waals surface area contributed by atoms with Gasteiger partial charge in [0.2, 0.25) is 0 Å². The minimum Gasteiger partial charge on any atom is -0.113 e. The van der Waals surface area contributed by atoms with Crippen molar-refractivity contribution in [1.29, 1.82) is 0 Å². The molecule has 17 heavy (non-hydrogen) atoms. The normalized spacial score (nSPS) is 12.5. The van der Waals surface area contributed by atoms with Gasteiger partial charge in [-0.25, -0.2) is 0 Å². The van der Waals surface area contributed by atoms with Gasteiger partial charge in [-0.05, 0) is 36.6 Å². The van der Waals surface area contributed by atoms with Gasteiger partial charge >= 0.3 is 0 Å². The van der Waals surface area contributed by atoms with Crippen molar-refractivity contribution in [1.82, 2.24) is 0 Å². The summed E-state index contributed by atoms with van der Waals surface area (Å²) in [5.74, 6) is 0. The fraction of sp³-hybridized carbons (Fsp3) is 0.200. The third-order valence-corrected chi connectivity index (χ3v) is 3.61. The molecule has 88 valence electrons. The van der Waals surface area contributed by atoms with Crippen molar-refractivity contribution < 1.29 is 0 Å². The zero-order chi connectivity index (χ0) is 12.4. The Morgan fingerprint density at radius 1 is 0.882 bits per heavy atom. The Morgan fingerprint density at radius 3 is 2.06 bits per heavy atom. The van der Waals surface area contributed by atoms with E-state index < -0.39 is 0 Å². The summed E-state index contributed by atoms with van der Waals surface area (Å²) in [7, 11) is 0. The lowest BCUT2D eigenvalue weighted by molar-refractivity contribution is 1.13. The molecule has 2 aromatic carbocycles. The average molecular weight is 265 g/mol. The smallest absolute Gasteiger partial charge is 0.0849 e. The summed E-state index contributed by atoms with van der Waals surface area (Å²) in [4.78, 5) is 0. The number of benzene rings is 2. The van der Waals surface area contributed by atoms with Gasteiger partial charge in [-0.2, -0.15) is 0 Å². The van der Waals surface area contributed by atoms with E-state index >= 15 is 0 Å². The zero-order valence-electron chi connectivity index (χ0n) is 9.87. The highest BCUT2D eigenvalue weighted by molar-refractivity contribution is 6.33. The summed E-state index contributed by atoms with van der Waals surface area (Å²) >= 11 is 12.7. The van der Waals surface area contributed by atoms with Crippen molar-refractivity contribution >= 4 is 23.2 Å². The number of halogens is 2. The molecule has 0 saturated heterocycles. The summed E-state index contributed by atoms with van der Waals surface area (Å²) in [6.45, 7) is 4.08. The second kappa shape index (κ2) is 5.12. The van der Waals surface area contributed by atoms with Gasteiger partial charge in [-0.1, -0.05) is 53.6 Å². The van der Waals surface area contributed by atoms with E-state index in [0.29, 0.717) is 0 Å². The molecule has 1 atom stereocenters. The lowest BCUT2D eigenvalue weighted by atomic mass is 10.0. The Labute approximate surface area is 112 Å². The van der Waals surface area contributed by atoms with Crippen LogP contribution < -0.4 is 0 Å². The minimum atomic E-state index is -0.191. The maximum Gasteiger partial charge on any atom is 0.0849 e. The van der Waals surface area contributed by atoms with E-state index in [0.717, 1.165) is 21.7 Å². The van der Waals surface area contributed by atoms with Crippen LogP contribution in [-0.2, 0) is 0 Å². The molecule has 2 rings (SSSR count). The summed E-state index contributed by atoms with van der Waals surface area (Å²) in [5, 5.41) is 0.536. The molecule has 0 radical (unpaired) electrons. The molecular weight excluding hydrogens is 251 g/mol. The maximum absolute atomic E-state index is 6.46.